The average Bonchev–Trinajstić information content (AvgIpc) is 2.04. The van der Waals surface area contributed by atoms with Crippen molar-refractivity contribution in [3.63, 3.8) is 0 Å². The van der Waals surface area contributed by atoms with Crippen molar-refractivity contribution in [1.82, 2.24) is 0 Å². The largest absolute Gasteiger partial charge is 0.373 e. The number of anilines is 1. The second kappa shape index (κ2) is 4.23. The number of hydrogen-bond acceptors (Lipinski definition) is 2. The van der Waals surface area contributed by atoms with E-state index in [0.29, 0.717) is 0 Å². The zero-order valence-electron chi connectivity index (χ0n) is 8.00. The van der Waals surface area contributed by atoms with Gasteiger partial charge in [-0.05, 0) is 31.2 Å². The Balaban J connectivity index is 2.66. The van der Waals surface area contributed by atoms with Crippen LogP contribution in [0.25, 0.3) is 0 Å². The summed E-state index contributed by atoms with van der Waals surface area (Å²) in [5, 5.41) is 0. The highest BCUT2D eigenvalue weighted by molar-refractivity contribution is 5.45. The van der Waals surface area contributed by atoms with Crippen molar-refractivity contribution >= 4 is 5.69 Å². The first kappa shape index (κ1) is 9.99. The van der Waals surface area contributed by atoms with Gasteiger partial charge >= 0.3 is 0 Å². The summed E-state index contributed by atoms with van der Waals surface area (Å²) in [4.78, 5) is 2.00. The van der Waals surface area contributed by atoms with Crippen molar-refractivity contribution in [3.8, 4) is 0 Å². The molecule has 0 amide bonds. The summed E-state index contributed by atoms with van der Waals surface area (Å²) in [7, 11) is 1.94. The summed E-state index contributed by atoms with van der Waals surface area (Å²) in [5.74, 6) is -0.210. The molecule has 0 aliphatic carbocycles. The number of benzene rings is 1. The quantitative estimate of drug-likeness (QED) is 0.769. The lowest BCUT2D eigenvalue weighted by Gasteiger charge is -2.21. The lowest BCUT2D eigenvalue weighted by molar-refractivity contribution is 0.627. The Bertz CT molecular complexity index is 256. The van der Waals surface area contributed by atoms with E-state index in [9.17, 15) is 4.39 Å². The lowest BCUT2D eigenvalue weighted by Crippen LogP contribution is -2.32. The van der Waals surface area contributed by atoms with E-state index in [0.717, 1.165) is 12.2 Å². The molecule has 2 N–H and O–H groups in total. The minimum atomic E-state index is -0.210. The molecule has 0 spiro atoms. The van der Waals surface area contributed by atoms with Gasteiger partial charge in [-0.15, -0.1) is 0 Å². The molecular formula is C10H15FN2. The molecule has 0 aliphatic rings. The van der Waals surface area contributed by atoms with Crippen LogP contribution in [-0.2, 0) is 0 Å². The standard InChI is InChI=1S/C10H15FN2/c1-8(12)7-13(2)10-5-3-9(11)4-6-10/h3-6,8H,7,12H2,1-2H3/t8-/m0/s1. The van der Waals surface area contributed by atoms with E-state index in [1.807, 2.05) is 18.9 Å². The lowest BCUT2D eigenvalue weighted by atomic mass is 10.2. The average molecular weight is 182 g/mol. The number of nitrogens with two attached hydrogens (primary N) is 1. The van der Waals surface area contributed by atoms with Gasteiger partial charge in [0.05, 0.1) is 0 Å². The SMILES string of the molecule is C[C@H](N)CN(C)c1ccc(F)cc1. The molecule has 1 atom stereocenters. The molecule has 0 bridgehead atoms. The van der Waals surface area contributed by atoms with Gasteiger partial charge in [0.2, 0.25) is 0 Å². The molecular weight excluding hydrogens is 167 g/mol. The molecule has 1 aromatic rings. The number of hydrogen-bond donors (Lipinski definition) is 1. The van der Waals surface area contributed by atoms with Gasteiger partial charge in [0.1, 0.15) is 5.82 Å². The second-order valence-corrected chi connectivity index (χ2v) is 3.33. The predicted octanol–water partition coefficient (Wildman–Crippen LogP) is 1.61. The minimum Gasteiger partial charge on any atom is -0.373 e. The smallest absolute Gasteiger partial charge is 0.123 e. The Morgan fingerprint density at radius 3 is 2.38 bits per heavy atom. The van der Waals surface area contributed by atoms with Gasteiger partial charge in [-0.2, -0.15) is 0 Å². The molecule has 1 aromatic carbocycles. The first-order valence-electron chi connectivity index (χ1n) is 4.32. The van der Waals surface area contributed by atoms with Gasteiger partial charge in [0.15, 0.2) is 0 Å². The van der Waals surface area contributed by atoms with Crippen LogP contribution in [0.4, 0.5) is 10.1 Å². The molecule has 0 aromatic heterocycles. The monoisotopic (exact) mass is 182 g/mol. The van der Waals surface area contributed by atoms with Crippen molar-refractivity contribution in [2.75, 3.05) is 18.5 Å². The summed E-state index contributed by atoms with van der Waals surface area (Å²) < 4.78 is 12.6. The molecule has 0 fully saturated rings. The third kappa shape index (κ3) is 3.03. The van der Waals surface area contributed by atoms with Crippen LogP contribution in [-0.4, -0.2) is 19.6 Å². The number of halogens is 1. The normalized spacial score (nSPS) is 12.6. The van der Waals surface area contributed by atoms with Crippen LogP contribution in [0.1, 0.15) is 6.92 Å². The number of rotatable bonds is 3. The van der Waals surface area contributed by atoms with Gasteiger partial charge in [0.25, 0.3) is 0 Å². The summed E-state index contributed by atoms with van der Waals surface area (Å²) >= 11 is 0. The maximum Gasteiger partial charge on any atom is 0.123 e. The molecule has 2 nitrogen and oxygen atoms in total. The van der Waals surface area contributed by atoms with Gasteiger partial charge in [-0.1, -0.05) is 0 Å². The zero-order valence-corrected chi connectivity index (χ0v) is 8.00. The Morgan fingerprint density at radius 2 is 1.92 bits per heavy atom. The topological polar surface area (TPSA) is 29.3 Å². The third-order valence-corrected chi connectivity index (χ3v) is 1.83. The van der Waals surface area contributed by atoms with E-state index < -0.39 is 0 Å². The van der Waals surface area contributed by atoms with Crippen LogP contribution >= 0.6 is 0 Å². The molecule has 0 heterocycles. The predicted molar refractivity (Wildman–Crippen MR) is 53.3 cm³/mol. The number of nitrogens with zero attached hydrogens (tertiary/aromatic N) is 1. The molecule has 3 heteroatoms. The summed E-state index contributed by atoms with van der Waals surface area (Å²) in [6.45, 7) is 2.71. The van der Waals surface area contributed by atoms with E-state index in [1.165, 1.54) is 12.1 Å². The van der Waals surface area contributed by atoms with Crippen LogP contribution in [0.3, 0.4) is 0 Å². The zero-order chi connectivity index (χ0) is 9.84. The summed E-state index contributed by atoms with van der Waals surface area (Å²) in [5.41, 5.74) is 6.63. The van der Waals surface area contributed by atoms with Gasteiger partial charge in [-0.3, -0.25) is 0 Å². The van der Waals surface area contributed by atoms with Crippen LogP contribution < -0.4 is 10.6 Å². The van der Waals surface area contributed by atoms with Crippen molar-refractivity contribution < 1.29 is 4.39 Å². The molecule has 1 rings (SSSR count). The van der Waals surface area contributed by atoms with E-state index in [-0.39, 0.29) is 11.9 Å². The molecule has 72 valence electrons. The fraction of sp³-hybridized carbons (Fsp3) is 0.400. The minimum absolute atomic E-state index is 0.120. The summed E-state index contributed by atoms with van der Waals surface area (Å²) in [6, 6.07) is 6.52. The molecule has 0 aliphatic heterocycles. The van der Waals surface area contributed by atoms with Crippen molar-refractivity contribution in [2.45, 2.75) is 13.0 Å². The van der Waals surface area contributed by atoms with Crippen molar-refractivity contribution in [1.29, 1.82) is 0 Å². The van der Waals surface area contributed by atoms with Gasteiger partial charge in [0, 0.05) is 25.3 Å². The van der Waals surface area contributed by atoms with Gasteiger partial charge in [-0.25, -0.2) is 4.39 Å². The van der Waals surface area contributed by atoms with E-state index in [2.05, 4.69) is 0 Å². The third-order valence-electron chi connectivity index (χ3n) is 1.83. The van der Waals surface area contributed by atoms with Crippen LogP contribution in [0.15, 0.2) is 24.3 Å². The molecule has 0 saturated heterocycles. The first-order valence-corrected chi connectivity index (χ1v) is 4.32. The molecule has 13 heavy (non-hydrogen) atoms. The second-order valence-electron chi connectivity index (χ2n) is 3.33. The van der Waals surface area contributed by atoms with E-state index >= 15 is 0 Å². The van der Waals surface area contributed by atoms with Gasteiger partial charge < -0.3 is 10.6 Å². The van der Waals surface area contributed by atoms with Crippen LogP contribution in [0.2, 0.25) is 0 Å². The first-order chi connectivity index (χ1) is 6.09. The van der Waals surface area contributed by atoms with Crippen LogP contribution in [0.5, 0.6) is 0 Å². The van der Waals surface area contributed by atoms with Crippen LogP contribution in [0, 0.1) is 5.82 Å². The molecule has 0 unspecified atom stereocenters. The highest BCUT2D eigenvalue weighted by Crippen LogP contribution is 2.12. The van der Waals surface area contributed by atoms with Crippen molar-refractivity contribution in [2.24, 2.45) is 5.73 Å². The fourth-order valence-corrected chi connectivity index (χ4v) is 1.23. The maximum absolute atomic E-state index is 12.6. The van der Waals surface area contributed by atoms with E-state index in [4.69, 9.17) is 5.73 Å². The Morgan fingerprint density at radius 1 is 1.38 bits per heavy atom. The Kier molecular flexibility index (Phi) is 3.25. The summed E-state index contributed by atoms with van der Waals surface area (Å²) in [6.07, 6.45) is 0. The van der Waals surface area contributed by atoms with E-state index in [1.54, 1.807) is 12.1 Å². The highest BCUT2D eigenvalue weighted by Gasteiger charge is 2.02. The Labute approximate surface area is 78.2 Å². The molecule has 0 saturated carbocycles. The van der Waals surface area contributed by atoms with Crippen molar-refractivity contribution in [3.05, 3.63) is 30.1 Å². The number of likely N-dealkylation sites (N-methyl/N-ethyl adjacent to an activating group) is 1. The highest BCUT2D eigenvalue weighted by atomic mass is 19.1. The molecule has 0 radical (unpaired) electrons. The maximum atomic E-state index is 12.6. The fourth-order valence-electron chi connectivity index (χ4n) is 1.23. The Hall–Kier alpha value is -1.09.